The number of urea groups is 1. The van der Waals surface area contributed by atoms with Crippen LogP contribution in [0.1, 0.15) is 13.3 Å². The van der Waals surface area contributed by atoms with Crippen molar-refractivity contribution in [1.82, 2.24) is 0 Å². The van der Waals surface area contributed by atoms with Crippen LogP contribution in [0.25, 0.3) is 0 Å². The first-order chi connectivity index (χ1) is 10.2. The number of amides is 2. The first-order valence-corrected chi connectivity index (χ1v) is 6.74. The molecule has 2 aromatic rings. The molecule has 0 bridgehead atoms. The number of rotatable bonds is 5. The van der Waals surface area contributed by atoms with Gasteiger partial charge < -0.3 is 15.4 Å². The molecule has 110 valence electrons. The van der Waals surface area contributed by atoms with Crippen molar-refractivity contribution in [1.29, 1.82) is 0 Å². The van der Waals surface area contributed by atoms with E-state index in [2.05, 4.69) is 10.6 Å². The normalized spacial score (nSPS) is 10.0. The minimum absolute atomic E-state index is 0.344. The van der Waals surface area contributed by atoms with E-state index < -0.39 is 0 Å². The lowest BCUT2D eigenvalue weighted by Gasteiger charge is -2.09. The number of hydrogen-bond donors (Lipinski definition) is 2. The maximum atomic E-state index is 12.8. The molecule has 0 aliphatic rings. The second-order valence-corrected chi connectivity index (χ2v) is 4.46. The zero-order chi connectivity index (χ0) is 15.1. The zero-order valence-corrected chi connectivity index (χ0v) is 11.7. The Morgan fingerprint density at radius 3 is 2.05 bits per heavy atom. The topological polar surface area (TPSA) is 50.4 Å². The molecule has 4 nitrogen and oxygen atoms in total. The average molecular weight is 288 g/mol. The Balaban J connectivity index is 1.88. The van der Waals surface area contributed by atoms with Crippen LogP contribution >= 0.6 is 0 Å². The largest absolute Gasteiger partial charge is 0.494 e. The lowest BCUT2D eigenvalue weighted by Crippen LogP contribution is -2.19. The quantitative estimate of drug-likeness (QED) is 0.863. The number of hydrogen-bond acceptors (Lipinski definition) is 2. The molecule has 0 unspecified atom stereocenters. The Morgan fingerprint density at radius 1 is 1.00 bits per heavy atom. The average Bonchev–Trinajstić information content (AvgIpc) is 2.49. The summed E-state index contributed by atoms with van der Waals surface area (Å²) in [6, 6.07) is 12.3. The molecule has 2 rings (SSSR count). The van der Waals surface area contributed by atoms with Crippen LogP contribution in [0.2, 0.25) is 0 Å². The van der Waals surface area contributed by atoms with Gasteiger partial charge in [-0.1, -0.05) is 6.92 Å². The van der Waals surface area contributed by atoms with E-state index in [9.17, 15) is 9.18 Å². The van der Waals surface area contributed by atoms with Crippen LogP contribution < -0.4 is 15.4 Å². The third-order valence-corrected chi connectivity index (χ3v) is 2.69. The predicted octanol–water partition coefficient (Wildman–Crippen LogP) is 4.26. The molecule has 0 saturated heterocycles. The molecule has 5 heteroatoms. The number of halogens is 1. The molecule has 0 saturated carbocycles. The predicted molar refractivity (Wildman–Crippen MR) is 81.3 cm³/mol. The lowest BCUT2D eigenvalue weighted by atomic mass is 10.3. The monoisotopic (exact) mass is 288 g/mol. The minimum Gasteiger partial charge on any atom is -0.494 e. The molecule has 2 aromatic carbocycles. The third-order valence-electron chi connectivity index (χ3n) is 2.69. The van der Waals surface area contributed by atoms with Crippen molar-refractivity contribution in [2.45, 2.75) is 13.3 Å². The highest BCUT2D eigenvalue weighted by atomic mass is 19.1. The Kier molecular flexibility index (Phi) is 5.15. The van der Waals surface area contributed by atoms with Crippen LogP contribution in [0, 0.1) is 5.82 Å². The van der Waals surface area contributed by atoms with Crippen molar-refractivity contribution >= 4 is 17.4 Å². The summed E-state index contributed by atoms with van der Waals surface area (Å²) >= 11 is 0. The maximum Gasteiger partial charge on any atom is 0.323 e. The van der Waals surface area contributed by atoms with E-state index in [-0.39, 0.29) is 11.8 Å². The van der Waals surface area contributed by atoms with Gasteiger partial charge in [0.25, 0.3) is 0 Å². The van der Waals surface area contributed by atoms with Gasteiger partial charge in [0, 0.05) is 11.4 Å². The van der Waals surface area contributed by atoms with E-state index in [1.54, 1.807) is 24.3 Å². The Labute approximate surface area is 122 Å². The van der Waals surface area contributed by atoms with Crippen LogP contribution in [0.4, 0.5) is 20.6 Å². The molecule has 0 heterocycles. The summed E-state index contributed by atoms with van der Waals surface area (Å²) in [7, 11) is 0. The molecule has 0 fully saturated rings. The maximum absolute atomic E-state index is 12.8. The van der Waals surface area contributed by atoms with Crippen LogP contribution in [0.3, 0.4) is 0 Å². The summed E-state index contributed by atoms with van der Waals surface area (Å²) in [4.78, 5) is 11.8. The molecule has 0 radical (unpaired) electrons. The third kappa shape index (κ3) is 4.80. The van der Waals surface area contributed by atoms with Crippen LogP contribution in [-0.2, 0) is 0 Å². The van der Waals surface area contributed by atoms with Crippen molar-refractivity contribution in [3.8, 4) is 5.75 Å². The second-order valence-electron chi connectivity index (χ2n) is 4.46. The van der Waals surface area contributed by atoms with Gasteiger partial charge in [0.1, 0.15) is 11.6 Å². The van der Waals surface area contributed by atoms with Gasteiger partial charge in [-0.25, -0.2) is 9.18 Å². The molecule has 0 spiro atoms. The number of nitrogens with one attached hydrogen (secondary N) is 2. The van der Waals surface area contributed by atoms with Gasteiger partial charge in [0.2, 0.25) is 0 Å². The highest BCUT2D eigenvalue weighted by Gasteiger charge is 2.03. The first-order valence-electron chi connectivity index (χ1n) is 6.74. The van der Waals surface area contributed by atoms with Gasteiger partial charge in [-0.15, -0.1) is 0 Å². The minimum atomic E-state index is -0.385. The van der Waals surface area contributed by atoms with Crippen LogP contribution in [0.15, 0.2) is 48.5 Å². The van der Waals surface area contributed by atoms with E-state index in [0.29, 0.717) is 18.0 Å². The molecule has 0 aliphatic carbocycles. The van der Waals surface area contributed by atoms with Crippen molar-refractivity contribution in [3.05, 3.63) is 54.3 Å². The van der Waals surface area contributed by atoms with Crippen molar-refractivity contribution in [2.24, 2.45) is 0 Å². The summed E-state index contributed by atoms with van der Waals surface area (Å²) < 4.78 is 18.2. The van der Waals surface area contributed by atoms with Crippen molar-refractivity contribution in [2.75, 3.05) is 17.2 Å². The number of carbonyl (C=O) groups is 1. The fourth-order valence-electron chi connectivity index (χ4n) is 1.68. The Morgan fingerprint density at radius 2 is 1.52 bits per heavy atom. The lowest BCUT2D eigenvalue weighted by molar-refractivity contribution is 0.262. The van der Waals surface area contributed by atoms with Gasteiger partial charge in [0.15, 0.2) is 0 Å². The van der Waals surface area contributed by atoms with Gasteiger partial charge >= 0.3 is 6.03 Å². The molecule has 0 aromatic heterocycles. The number of anilines is 2. The standard InChI is InChI=1S/C16H17FN2O2/c1-2-11-21-15-9-7-14(8-10-15)19-16(20)18-13-5-3-12(17)4-6-13/h3-10H,2,11H2,1H3,(H2,18,19,20). The van der Waals surface area contributed by atoms with Gasteiger partial charge in [-0.2, -0.15) is 0 Å². The number of ether oxygens (including phenoxy) is 1. The fraction of sp³-hybridized carbons (Fsp3) is 0.188. The first kappa shape index (κ1) is 14.8. The second kappa shape index (κ2) is 7.28. The van der Waals surface area contributed by atoms with Gasteiger partial charge in [-0.05, 0) is 55.0 Å². The van der Waals surface area contributed by atoms with Gasteiger partial charge in [-0.3, -0.25) is 0 Å². The number of benzene rings is 2. The van der Waals surface area contributed by atoms with E-state index in [1.807, 2.05) is 6.92 Å². The van der Waals surface area contributed by atoms with E-state index in [0.717, 1.165) is 12.2 Å². The van der Waals surface area contributed by atoms with E-state index in [1.165, 1.54) is 24.3 Å². The van der Waals surface area contributed by atoms with Crippen LogP contribution in [0.5, 0.6) is 5.75 Å². The Hall–Kier alpha value is -2.56. The molecular weight excluding hydrogens is 271 g/mol. The Bertz CT molecular complexity index is 582. The molecule has 21 heavy (non-hydrogen) atoms. The zero-order valence-electron chi connectivity index (χ0n) is 11.7. The fourth-order valence-corrected chi connectivity index (χ4v) is 1.68. The summed E-state index contributed by atoms with van der Waals surface area (Å²) in [6.45, 7) is 2.70. The SMILES string of the molecule is CCCOc1ccc(NC(=O)Nc2ccc(F)cc2)cc1. The summed E-state index contributed by atoms with van der Waals surface area (Å²) in [5.41, 5.74) is 1.18. The highest BCUT2D eigenvalue weighted by Crippen LogP contribution is 2.16. The van der Waals surface area contributed by atoms with E-state index >= 15 is 0 Å². The molecular formula is C16H17FN2O2. The molecule has 2 amide bonds. The smallest absolute Gasteiger partial charge is 0.323 e. The summed E-state index contributed by atoms with van der Waals surface area (Å²) in [5.74, 6) is 0.421. The highest BCUT2D eigenvalue weighted by molar-refractivity contribution is 5.99. The van der Waals surface area contributed by atoms with Crippen molar-refractivity contribution in [3.63, 3.8) is 0 Å². The van der Waals surface area contributed by atoms with Crippen molar-refractivity contribution < 1.29 is 13.9 Å². The van der Waals surface area contributed by atoms with Gasteiger partial charge in [0.05, 0.1) is 6.61 Å². The summed E-state index contributed by atoms with van der Waals surface area (Å²) in [6.07, 6.45) is 0.945. The number of carbonyl (C=O) groups excluding carboxylic acids is 1. The van der Waals surface area contributed by atoms with E-state index in [4.69, 9.17) is 4.74 Å². The molecule has 2 N–H and O–H groups in total. The summed E-state index contributed by atoms with van der Waals surface area (Å²) in [5, 5.41) is 5.31. The molecule has 0 aliphatic heterocycles. The molecule has 0 atom stereocenters. The van der Waals surface area contributed by atoms with Crippen LogP contribution in [-0.4, -0.2) is 12.6 Å².